The fraction of sp³-hybridized carbons (Fsp3) is 0.429. The average Bonchev–Trinajstić information content (AvgIpc) is 2.80. The predicted octanol–water partition coefficient (Wildman–Crippen LogP) is 2.74. The van der Waals surface area contributed by atoms with Crippen LogP contribution in [-0.2, 0) is 11.5 Å². The molecule has 126 valence electrons. The number of aromatic nitrogens is 2. The second kappa shape index (κ2) is 6.96. The van der Waals surface area contributed by atoms with Crippen LogP contribution in [0.25, 0.3) is 11.0 Å². The van der Waals surface area contributed by atoms with Gasteiger partial charge in [-0.2, -0.15) is 0 Å². The van der Waals surface area contributed by atoms with E-state index in [0.717, 1.165) is 6.04 Å². The summed E-state index contributed by atoms with van der Waals surface area (Å²) in [5, 5.41) is -0.291. The number of hydrogen-bond donors (Lipinski definition) is 2. The molecule has 2 aromatic rings. The lowest BCUT2D eigenvalue weighted by molar-refractivity contribution is 0.0895. The van der Waals surface area contributed by atoms with Crippen molar-refractivity contribution in [2.75, 3.05) is 6.61 Å². The summed E-state index contributed by atoms with van der Waals surface area (Å²) in [7, 11) is -1.19. The SMILES string of the molecule is C[Si](C)(C)CCOCn1cc(C(=O)NN)c2nc(Cl)c(F)cc21. The second-order valence-electron chi connectivity index (χ2n) is 6.46. The topological polar surface area (TPSA) is 82.2 Å². The van der Waals surface area contributed by atoms with Crippen molar-refractivity contribution >= 4 is 36.6 Å². The van der Waals surface area contributed by atoms with Crippen molar-refractivity contribution in [2.24, 2.45) is 5.84 Å². The van der Waals surface area contributed by atoms with Crippen LogP contribution >= 0.6 is 11.6 Å². The molecular formula is C14H20ClFN4O2Si. The van der Waals surface area contributed by atoms with Gasteiger partial charge in [-0.25, -0.2) is 15.2 Å². The zero-order valence-corrected chi connectivity index (χ0v) is 15.1. The molecule has 6 nitrogen and oxygen atoms in total. The number of nitrogen functional groups attached to an aromatic ring is 1. The van der Waals surface area contributed by atoms with Crippen molar-refractivity contribution in [3.05, 3.63) is 28.8 Å². The predicted molar refractivity (Wildman–Crippen MR) is 90.5 cm³/mol. The Kier molecular flexibility index (Phi) is 5.40. The summed E-state index contributed by atoms with van der Waals surface area (Å²) >= 11 is 5.71. The summed E-state index contributed by atoms with van der Waals surface area (Å²) < 4.78 is 21.0. The minimum absolute atomic E-state index is 0.196. The van der Waals surface area contributed by atoms with Gasteiger partial charge in [-0.1, -0.05) is 31.2 Å². The summed E-state index contributed by atoms with van der Waals surface area (Å²) in [6.07, 6.45) is 1.53. The minimum atomic E-state index is -1.19. The molecule has 0 spiro atoms. The van der Waals surface area contributed by atoms with Crippen LogP contribution in [0.3, 0.4) is 0 Å². The van der Waals surface area contributed by atoms with Gasteiger partial charge >= 0.3 is 0 Å². The highest BCUT2D eigenvalue weighted by molar-refractivity contribution is 6.76. The number of fused-ring (bicyclic) bond motifs is 1. The standard InChI is InChI=1S/C14H20ClFN4O2Si/c1-23(2,3)5-4-22-8-20-7-9(14(21)19-17)12-11(20)6-10(16)13(15)18-12/h6-7H,4-5,8,17H2,1-3H3,(H,19,21). The Morgan fingerprint density at radius 1 is 1.52 bits per heavy atom. The lowest BCUT2D eigenvalue weighted by atomic mass is 10.2. The van der Waals surface area contributed by atoms with Crippen LogP contribution in [0.1, 0.15) is 10.4 Å². The maximum Gasteiger partial charge on any atom is 0.268 e. The lowest BCUT2D eigenvalue weighted by Crippen LogP contribution is -2.29. The van der Waals surface area contributed by atoms with Crippen LogP contribution < -0.4 is 11.3 Å². The Bertz CT molecular complexity index is 730. The number of hydrazine groups is 1. The van der Waals surface area contributed by atoms with Gasteiger partial charge < -0.3 is 9.30 Å². The quantitative estimate of drug-likeness (QED) is 0.208. The van der Waals surface area contributed by atoms with Gasteiger partial charge in [-0.3, -0.25) is 10.2 Å². The fourth-order valence-electron chi connectivity index (χ4n) is 2.05. The molecule has 0 fully saturated rings. The molecule has 0 unspecified atom stereocenters. The Labute approximate surface area is 139 Å². The largest absolute Gasteiger partial charge is 0.361 e. The number of hydrogen-bond acceptors (Lipinski definition) is 4. The highest BCUT2D eigenvalue weighted by atomic mass is 35.5. The Hall–Kier alpha value is -1.48. The van der Waals surface area contributed by atoms with Crippen LogP contribution in [0.15, 0.2) is 12.3 Å². The molecule has 0 aliphatic rings. The first-order valence-electron chi connectivity index (χ1n) is 7.16. The molecule has 0 saturated heterocycles. The van der Waals surface area contributed by atoms with E-state index in [0.29, 0.717) is 12.1 Å². The molecule has 3 N–H and O–H groups in total. The molecular weight excluding hydrogens is 339 g/mol. The van der Waals surface area contributed by atoms with E-state index in [4.69, 9.17) is 22.2 Å². The average molecular weight is 359 g/mol. The maximum absolute atomic E-state index is 13.7. The molecule has 2 heterocycles. The fourth-order valence-corrected chi connectivity index (χ4v) is 2.95. The normalized spacial score (nSPS) is 11.9. The zero-order chi connectivity index (χ0) is 17.2. The molecule has 23 heavy (non-hydrogen) atoms. The van der Waals surface area contributed by atoms with Gasteiger partial charge in [0.1, 0.15) is 12.2 Å². The number of halogens is 2. The lowest BCUT2D eigenvalue weighted by Gasteiger charge is -2.15. The van der Waals surface area contributed by atoms with Crippen LogP contribution in [0.5, 0.6) is 0 Å². The molecule has 0 aromatic carbocycles. The second-order valence-corrected chi connectivity index (χ2v) is 12.4. The molecule has 0 saturated carbocycles. The Balaban J connectivity index is 2.28. The van der Waals surface area contributed by atoms with Crippen LogP contribution in [0, 0.1) is 5.82 Å². The first-order valence-corrected chi connectivity index (χ1v) is 11.2. The summed E-state index contributed by atoms with van der Waals surface area (Å²) in [6.45, 7) is 7.57. The highest BCUT2D eigenvalue weighted by Gasteiger charge is 2.18. The third-order valence-electron chi connectivity index (χ3n) is 3.37. The van der Waals surface area contributed by atoms with Crippen LogP contribution in [0.2, 0.25) is 30.8 Å². The number of carbonyl (C=O) groups is 1. The molecule has 2 rings (SSSR count). The van der Waals surface area contributed by atoms with Crippen molar-refractivity contribution in [1.29, 1.82) is 0 Å². The van der Waals surface area contributed by atoms with E-state index in [-0.39, 0.29) is 23.0 Å². The van der Waals surface area contributed by atoms with Crippen molar-refractivity contribution < 1.29 is 13.9 Å². The number of nitrogens with one attached hydrogen (secondary N) is 1. The minimum Gasteiger partial charge on any atom is -0.361 e. The zero-order valence-electron chi connectivity index (χ0n) is 13.3. The monoisotopic (exact) mass is 358 g/mol. The Morgan fingerprint density at radius 2 is 2.22 bits per heavy atom. The van der Waals surface area contributed by atoms with E-state index < -0.39 is 19.8 Å². The van der Waals surface area contributed by atoms with Gasteiger partial charge in [0.15, 0.2) is 11.0 Å². The third-order valence-corrected chi connectivity index (χ3v) is 5.33. The van der Waals surface area contributed by atoms with Gasteiger partial charge in [0.25, 0.3) is 5.91 Å². The molecule has 0 atom stereocenters. The number of nitrogens with zero attached hydrogens (tertiary/aromatic N) is 2. The molecule has 0 bridgehead atoms. The van der Waals surface area contributed by atoms with Crippen LogP contribution in [0.4, 0.5) is 4.39 Å². The maximum atomic E-state index is 13.7. The van der Waals surface area contributed by atoms with Gasteiger partial charge in [-0.15, -0.1) is 0 Å². The van der Waals surface area contributed by atoms with E-state index in [1.54, 1.807) is 4.57 Å². The molecule has 9 heteroatoms. The number of pyridine rings is 1. The third kappa shape index (κ3) is 4.29. The van der Waals surface area contributed by atoms with Gasteiger partial charge in [0, 0.05) is 26.9 Å². The first-order chi connectivity index (χ1) is 10.7. The summed E-state index contributed by atoms with van der Waals surface area (Å²) in [4.78, 5) is 15.8. The van der Waals surface area contributed by atoms with Gasteiger partial charge in [-0.05, 0) is 6.04 Å². The van der Waals surface area contributed by atoms with Crippen molar-refractivity contribution in [3.63, 3.8) is 0 Å². The summed E-state index contributed by atoms with van der Waals surface area (Å²) in [6, 6.07) is 2.25. The Morgan fingerprint density at radius 3 is 2.83 bits per heavy atom. The molecule has 2 aromatic heterocycles. The number of carbonyl (C=O) groups excluding carboxylic acids is 1. The van der Waals surface area contributed by atoms with E-state index in [2.05, 4.69) is 24.6 Å². The van der Waals surface area contributed by atoms with Crippen molar-refractivity contribution in [2.45, 2.75) is 32.4 Å². The molecule has 1 amide bonds. The van der Waals surface area contributed by atoms with Crippen LogP contribution in [-0.4, -0.2) is 30.1 Å². The van der Waals surface area contributed by atoms with Crippen molar-refractivity contribution in [1.82, 2.24) is 15.0 Å². The molecule has 0 aliphatic carbocycles. The van der Waals surface area contributed by atoms with E-state index in [1.165, 1.54) is 12.3 Å². The van der Waals surface area contributed by atoms with E-state index in [9.17, 15) is 9.18 Å². The van der Waals surface area contributed by atoms with Crippen molar-refractivity contribution in [3.8, 4) is 0 Å². The highest BCUT2D eigenvalue weighted by Crippen LogP contribution is 2.24. The van der Waals surface area contributed by atoms with E-state index >= 15 is 0 Å². The number of rotatable bonds is 6. The summed E-state index contributed by atoms with van der Waals surface area (Å²) in [5.41, 5.74) is 2.98. The summed E-state index contributed by atoms with van der Waals surface area (Å²) in [5.74, 6) is 4.00. The molecule has 0 aliphatic heterocycles. The van der Waals surface area contributed by atoms with Gasteiger partial charge in [0.2, 0.25) is 0 Å². The molecule has 0 radical (unpaired) electrons. The van der Waals surface area contributed by atoms with Gasteiger partial charge in [0.05, 0.1) is 11.1 Å². The smallest absolute Gasteiger partial charge is 0.268 e. The number of amides is 1. The van der Waals surface area contributed by atoms with E-state index in [1.807, 2.05) is 5.43 Å². The first kappa shape index (κ1) is 17.9. The number of nitrogens with two attached hydrogens (primary N) is 1. The number of ether oxygens (including phenoxy) is 1.